The Labute approximate surface area is 216 Å². The standard InChI is InChI=1S/C28H36N4O5/c1-17-10-21(15-31(2)28(17)36)27-30-22-11-18(6-7-23(22)32(27)14-19-8-9-37-16-19)13-29-26(20-4-3-5-20)24(33)12-25(34)35/h6-7,10-11,15,19-20,24,26,29,33H,3-5,8-9,12-14,16H2,1-2H3,(H,34,35). The SMILES string of the molecule is Cc1cc(-c2nc3cc(CNC(C(O)CC(=O)O)C4CCC4)ccc3n2CC2CCOC2)cn(C)c1=O. The fourth-order valence-corrected chi connectivity index (χ4v) is 5.63. The smallest absolute Gasteiger partial charge is 0.306 e. The van der Waals surface area contributed by atoms with Crippen molar-refractivity contribution in [2.75, 3.05) is 13.2 Å². The highest BCUT2D eigenvalue weighted by molar-refractivity contribution is 5.81. The van der Waals surface area contributed by atoms with Crippen LogP contribution < -0.4 is 10.9 Å². The molecule has 1 aliphatic carbocycles. The van der Waals surface area contributed by atoms with Crippen molar-refractivity contribution in [1.29, 1.82) is 0 Å². The van der Waals surface area contributed by atoms with Crippen LogP contribution in [-0.2, 0) is 29.7 Å². The molecule has 9 nitrogen and oxygen atoms in total. The molecule has 3 atom stereocenters. The molecule has 0 radical (unpaired) electrons. The van der Waals surface area contributed by atoms with E-state index in [-0.39, 0.29) is 18.0 Å². The van der Waals surface area contributed by atoms with E-state index in [0.717, 1.165) is 73.4 Å². The lowest BCUT2D eigenvalue weighted by Crippen LogP contribution is -2.48. The second kappa shape index (κ2) is 10.8. The quantitative estimate of drug-likeness (QED) is 0.385. The molecule has 3 aromatic rings. The highest BCUT2D eigenvalue weighted by Gasteiger charge is 2.33. The lowest BCUT2D eigenvalue weighted by molar-refractivity contribution is -0.140. The molecule has 1 saturated heterocycles. The first-order valence-corrected chi connectivity index (χ1v) is 13.2. The van der Waals surface area contributed by atoms with Gasteiger partial charge < -0.3 is 29.4 Å². The minimum absolute atomic E-state index is 0.0185. The number of hydrogen-bond acceptors (Lipinski definition) is 6. The van der Waals surface area contributed by atoms with Crippen molar-refractivity contribution in [2.24, 2.45) is 18.9 Å². The lowest BCUT2D eigenvalue weighted by Gasteiger charge is -2.37. The van der Waals surface area contributed by atoms with E-state index < -0.39 is 12.1 Å². The van der Waals surface area contributed by atoms with E-state index in [9.17, 15) is 14.7 Å². The summed E-state index contributed by atoms with van der Waals surface area (Å²) in [6.07, 6.45) is 4.80. The largest absolute Gasteiger partial charge is 0.481 e. The summed E-state index contributed by atoms with van der Waals surface area (Å²) in [5.74, 6) is 0.546. The van der Waals surface area contributed by atoms with Crippen molar-refractivity contribution in [3.05, 3.63) is 51.9 Å². The number of aliphatic hydroxyl groups is 1. The Balaban J connectivity index is 1.45. The summed E-state index contributed by atoms with van der Waals surface area (Å²) in [4.78, 5) is 28.5. The van der Waals surface area contributed by atoms with Crippen LogP contribution in [0.5, 0.6) is 0 Å². The molecule has 2 aliphatic rings. The summed E-state index contributed by atoms with van der Waals surface area (Å²) in [5, 5.41) is 23.1. The maximum atomic E-state index is 12.3. The number of carboxylic acid groups (broad SMARTS) is 1. The molecule has 198 valence electrons. The van der Waals surface area contributed by atoms with Crippen molar-refractivity contribution in [3.8, 4) is 11.4 Å². The van der Waals surface area contributed by atoms with Gasteiger partial charge in [-0.1, -0.05) is 12.5 Å². The fraction of sp³-hybridized carbons (Fsp3) is 0.536. The van der Waals surface area contributed by atoms with Gasteiger partial charge in [0.2, 0.25) is 0 Å². The first-order chi connectivity index (χ1) is 17.8. The third-order valence-corrected chi connectivity index (χ3v) is 7.90. The molecule has 9 heteroatoms. The number of nitrogens with zero attached hydrogens (tertiary/aromatic N) is 3. The van der Waals surface area contributed by atoms with Gasteiger partial charge in [0.15, 0.2) is 0 Å². The Kier molecular flexibility index (Phi) is 7.46. The molecule has 0 amide bonds. The van der Waals surface area contributed by atoms with Gasteiger partial charge in [0, 0.05) is 56.0 Å². The average Bonchev–Trinajstić information content (AvgIpc) is 3.46. The number of aryl methyl sites for hydroxylation is 2. The molecule has 37 heavy (non-hydrogen) atoms. The van der Waals surface area contributed by atoms with Gasteiger partial charge in [0.05, 0.1) is 30.2 Å². The van der Waals surface area contributed by atoms with Crippen LogP contribution in [-0.4, -0.2) is 55.7 Å². The molecule has 3 unspecified atom stereocenters. The number of fused-ring (bicyclic) bond motifs is 1. The van der Waals surface area contributed by atoms with Crippen molar-refractivity contribution >= 4 is 17.0 Å². The first kappa shape index (κ1) is 25.6. The van der Waals surface area contributed by atoms with Crippen molar-refractivity contribution in [2.45, 2.75) is 64.3 Å². The maximum Gasteiger partial charge on any atom is 0.306 e. The number of benzene rings is 1. The number of carboxylic acids is 1. The number of carbonyl (C=O) groups is 1. The predicted molar refractivity (Wildman–Crippen MR) is 140 cm³/mol. The number of ether oxygens (including phenoxy) is 1. The number of aliphatic hydroxyl groups excluding tert-OH is 1. The van der Waals surface area contributed by atoms with E-state index in [0.29, 0.717) is 23.9 Å². The first-order valence-electron chi connectivity index (χ1n) is 13.2. The van der Waals surface area contributed by atoms with Crippen molar-refractivity contribution < 1.29 is 19.7 Å². The third-order valence-electron chi connectivity index (χ3n) is 7.90. The Morgan fingerprint density at radius 1 is 1.27 bits per heavy atom. The van der Waals surface area contributed by atoms with Gasteiger partial charge in [-0.05, 0) is 55.9 Å². The Hall–Kier alpha value is -3.01. The second-order valence-electron chi connectivity index (χ2n) is 10.7. The van der Waals surface area contributed by atoms with Crippen LogP contribution in [0.4, 0.5) is 0 Å². The number of pyridine rings is 1. The molecule has 1 saturated carbocycles. The second-order valence-corrected chi connectivity index (χ2v) is 10.7. The zero-order valence-corrected chi connectivity index (χ0v) is 21.5. The van der Waals surface area contributed by atoms with Crippen LogP contribution in [0.2, 0.25) is 0 Å². The van der Waals surface area contributed by atoms with Crippen LogP contribution in [0, 0.1) is 18.8 Å². The van der Waals surface area contributed by atoms with Crippen LogP contribution in [0.3, 0.4) is 0 Å². The average molecular weight is 509 g/mol. The van der Waals surface area contributed by atoms with Crippen LogP contribution >= 0.6 is 0 Å². The molecule has 5 rings (SSSR count). The number of aliphatic carboxylic acids is 1. The van der Waals surface area contributed by atoms with Crippen molar-refractivity contribution in [1.82, 2.24) is 19.4 Å². The summed E-state index contributed by atoms with van der Waals surface area (Å²) in [5.41, 5.74) is 4.47. The fourth-order valence-electron chi connectivity index (χ4n) is 5.63. The van der Waals surface area contributed by atoms with Gasteiger partial charge in [-0.3, -0.25) is 9.59 Å². The minimum Gasteiger partial charge on any atom is -0.481 e. The van der Waals surface area contributed by atoms with Gasteiger partial charge in [0.25, 0.3) is 5.56 Å². The van der Waals surface area contributed by atoms with E-state index in [4.69, 9.17) is 14.8 Å². The molecule has 2 fully saturated rings. The van der Waals surface area contributed by atoms with Gasteiger partial charge in [-0.2, -0.15) is 0 Å². The topological polar surface area (TPSA) is 119 Å². The molecule has 2 aromatic heterocycles. The van der Waals surface area contributed by atoms with E-state index in [2.05, 4.69) is 28.1 Å². The van der Waals surface area contributed by atoms with Gasteiger partial charge >= 0.3 is 5.97 Å². The summed E-state index contributed by atoms with van der Waals surface area (Å²) in [6.45, 7) is 4.64. The third kappa shape index (κ3) is 5.49. The van der Waals surface area contributed by atoms with Crippen LogP contribution in [0.15, 0.2) is 35.3 Å². The molecular formula is C28H36N4O5. The summed E-state index contributed by atoms with van der Waals surface area (Å²) in [6, 6.07) is 7.87. The van der Waals surface area contributed by atoms with E-state index in [1.807, 2.05) is 19.2 Å². The van der Waals surface area contributed by atoms with E-state index in [1.165, 1.54) is 0 Å². The van der Waals surface area contributed by atoms with Gasteiger partial charge in [-0.25, -0.2) is 4.98 Å². The van der Waals surface area contributed by atoms with E-state index >= 15 is 0 Å². The van der Waals surface area contributed by atoms with Crippen molar-refractivity contribution in [3.63, 3.8) is 0 Å². The predicted octanol–water partition coefficient (Wildman–Crippen LogP) is 2.84. The number of aromatic nitrogens is 3. The summed E-state index contributed by atoms with van der Waals surface area (Å²) < 4.78 is 9.46. The molecule has 1 aromatic carbocycles. The Bertz CT molecular complexity index is 1310. The highest BCUT2D eigenvalue weighted by Crippen LogP contribution is 2.32. The zero-order chi connectivity index (χ0) is 26.1. The van der Waals surface area contributed by atoms with Crippen LogP contribution in [0.1, 0.15) is 43.2 Å². The minimum atomic E-state index is -0.987. The molecule has 3 heterocycles. The number of hydrogen-bond donors (Lipinski definition) is 3. The monoisotopic (exact) mass is 508 g/mol. The molecule has 1 aliphatic heterocycles. The Morgan fingerprint density at radius 2 is 2.08 bits per heavy atom. The van der Waals surface area contributed by atoms with E-state index in [1.54, 1.807) is 11.6 Å². The molecular weight excluding hydrogens is 472 g/mol. The number of nitrogens with one attached hydrogen (secondary N) is 1. The maximum absolute atomic E-state index is 12.3. The zero-order valence-electron chi connectivity index (χ0n) is 21.5. The molecule has 0 spiro atoms. The lowest BCUT2D eigenvalue weighted by atomic mass is 9.77. The van der Waals surface area contributed by atoms with Gasteiger partial charge in [-0.15, -0.1) is 0 Å². The molecule has 0 bridgehead atoms. The molecule has 3 N–H and O–H groups in total. The summed E-state index contributed by atoms with van der Waals surface area (Å²) >= 11 is 0. The normalized spacial score (nSPS) is 19.7. The highest BCUT2D eigenvalue weighted by atomic mass is 16.5. The number of imidazole rings is 1. The Morgan fingerprint density at radius 3 is 2.73 bits per heavy atom. The van der Waals surface area contributed by atoms with Crippen LogP contribution in [0.25, 0.3) is 22.4 Å². The summed E-state index contributed by atoms with van der Waals surface area (Å²) in [7, 11) is 1.76. The van der Waals surface area contributed by atoms with Gasteiger partial charge in [0.1, 0.15) is 5.82 Å². The number of rotatable bonds is 10.